The topological polar surface area (TPSA) is 78.0 Å². The van der Waals surface area contributed by atoms with Crippen LogP contribution in [0.25, 0.3) is 10.9 Å². The minimum atomic E-state index is -0.120. The molecule has 1 aromatic carbocycles. The summed E-state index contributed by atoms with van der Waals surface area (Å²) in [5.74, 6) is 1.20. The molecule has 0 spiro atoms. The van der Waals surface area contributed by atoms with Gasteiger partial charge in [-0.2, -0.15) is 0 Å². The van der Waals surface area contributed by atoms with Gasteiger partial charge in [0.15, 0.2) is 0 Å². The monoisotopic (exact) mass is 259 g/mol. The second-order valence-electron chi connectivity index (χ2n) is 5.15. The van der Waals surface area contributed by atoms with E-state index in [2.05, 4.69) is 15.3 Å². The van der Waals surface area contributed by atoms with Gasteiger partial charge in [-0.25, -0.2) is 4.98 Å². The van der Waals surface area contributed by atoms with E-state index >= 15 is 0 Å². The van der Waals surface area contributed by atoms with Gasteiger partial charge in [0, 0.05) is 0 Å². The van der Waals surface area contributed by atoms with E-state index in [1.807, 2.05) is 18.2 Å². The molecule has 0 aliphatic heterocycles. The Morgan fingerprint density at radius 3 is 2.95 bits per heavy atom. The average Bonchev–Trinajstić information content (AvgIpc) is 2.37. The third kappa shape index (κ3) is 2.67. The number of aromatic nitrogens is 2. The number of para-hydroxylation sites is 1. The number of nitrogens with one attached hydrogen (secondary N) is 2. The number of hydrogen-bond donors (Lipinski definition) is 3. The fourth-order valence-electron chi connectivity index (χ4n) is 2.48. The first kappa shape index (κ1) is 12.3. The number of rotatable bonds is 4. The van der Waals surface area contributed by atoms with Crippen LogP contribution in [-0.2, 0) is 6.54 Å². The number of aliphatic hydroxyl groups is 1. The molecule has 1 aliphatic rings. The summed E-state index contributed by atoms with van der Waals surface area (Å²) in [6, 6.07) is 7.32. The maximum absolute atomic E-state index is 11.9. The molecule has 0 amide bonds. The van der Waals surface area contributed by atoms with Gasteiger partial charge in [-0.05, 0) is 37.4 Å². The van der Waals surface area contributed by atoms with Crippen molar-refractivity contribution in [3.05, 3.63) is 40.4 Å². The Morgan fingerprint density at radius 2 is 2.16 bits per heavy atom. The zero-order valence-electron chi connectivity index (χ0n) is 10.6. The van der Waals surface area contributed by atoms with Crippen molar-refractivity contribution in [1.82, 2.24) is 15.3 Å². The van der Waals surface area contributed by atoms with Gasteiger partial charge in [0.05, 0.1) is 23.6 Å². The Bertz CT molecular complexity index is 632. The molecule has 1 aliphatic carbocycles. The van der Waals surface area contributed by atoms with Gasteiger partial charge >= 0.3 is 0 Å². The second-order valence-corrected chi connectivity index (χ2v) is 5.15. The van der Waals surface area contributed by atoms with Crippen LogP contribution in [0.2, 0.25) is 0 Å². The van der Waals surface area contributed by atoms with Crippen LogP contribution >= 0.6 is 0 Å². The van der Waals surface area contributed by atoms with E-state index in [1.165, 1.54) is 0 Å². The largest absolute Gasteiger partial charge is 0.393 e. The number of hydrogen-bond acceptors (Lipinski definition) is 4. The third-order valence-corrected chi connectivity index (χ3v) is 3.60. The summed E-state index contributed by atoms with van der Waals surface area (Å²) in [6.45, 7) is 1.40. The molecular formula is C14H17N3O2. The minimum Gasteiger partial charge on any atom is -0.393 e. The van der Waals surface area contributed by atoms with Crippen LogP contribution in [0, 0.1) is 5.92 Å². The van der Waals surface area contributed by atoms with E-state index in [1.54, 1.807) is 6.07 Å². The third-order valence-electron chi connectivity index (χ3n) is 3.60. The molecule has 5 heteroatoms. The molecular weight excluding hydrogens is 242 g/mol. The Kier molecular flexibility index (Phi) is 3.31. The van der Waals surface area contributed by atoms with Gasteiger partial charge in [0.1, 0.15) is 5.82 Å². The van der Waals surface area contributed by atoms with Crippen LogP contribution in [0.3, 0.4) is 0 Å². The first-order valence-electron chi connectivity index (χ1n) is 6.59. The van der Waals surface area contributed by atoms with E-state index in [9.17, 15) is 9.90 Å². The summed E-state index contributed by atoms with van der Waals surface area (Å²) in [6.07, 6.45) is 1.62. The average molecular weight is 259 g/mol. The van der Waals surface area contributed by atoms with Crippen LogP contribution in [0.5, 0.6) is 0 Å². The summed E-state index contributed by atoms with van der Waals surface area (Å²) < 4.78 is 0. The predicted octanol–water partition coefficient (Wildman–Crippen LogP) is 0.784. The summed E-state index contributed by atoms with van der Waals surface area (Å²) in [5.41, 5.74) is 0.628. The van der Waals surface area contributed by atoms with E-state index < -0.39 is 0 Å². The Labute approximate surface area is 110 Å². The van der Waals surface area contributed by atoms with E-state index in [0.29, 0.717) is 23.7 Å². The lowest BCUT2D eigenvalue weighted by Gasteiger charge is -2.31. The van der Waals surface area contributed by atoms with Crippen LogP contribution in [0.15, 0.2) is 29.1 Å². The highest BCUT2D eigenvalue weighted by Crippen LogP contribution is 2.26. The van der Waals surface area contributed by atoms with Crippen molar-refractivity contribution in [3.8, 4) is 0 Å². The molecule has 3 N–H and O–H groups in total. The summed E-state index contributed by atoms with van der Waals surface area (Å²) in [5, 5.41) is 13.1. The van der Waals surface area contributed by atoms with Crippen LogP contribution < -0.4 is 10.9 Å². The lowest BCUT2D eigenvalue weighted by Crippen LogP contribution is -2.36. The second kappa shape index (κ2) is 5.11. The standard InChI is InChI=1S/C14H17N3O2/c18-10-5-9(6-10)7-15-8-13-16-12-4-2-1-3-11(12)14(19)17-13/h1-4,9-10,15,18H,5-8H2,(H,16,17,19). The molecule has 1 fully saturated rings. The lowest BCUT2D eigenvalue weighted by atomic mass is 9.82. The molecule has 1 aromatic heterocycles. The van der Waals surface area contributed by atoms with Gasteiger partial charge < -0.3 is 15.4 Å². The molecule has 1 saturated carbocycles. The quantitative estimate of drug-likeness (QED) is 0.758. The number of benzene rings is 1. The molecule has 3 rings (SSSR count). The van der Waals surface area contributed by atoms with Crippen molar-refractivity contribution in [1.29, 1.82) is 0 Å². The van der Waals surface area contributed by atoms with E-state index in [0.717, 1.165) is 24.9 Å². The van der Waals surface area contributed by atoms with Crippen molar-refractivity contribution in [2.45, 2.75) is 25.5 Å². The van der Waals surface area contributed by atoms with Crippen molar-refractivity contribution in [2.24, 2.45) is 5.92 Å². The molecule has 100 valence electrons. The maximum Gasteiger partial charge on any atom is 0.258 e. The van der Waals surface area contributed by atoms with Crippen molar-refractivity contribution < 1.29 is 5.11 Å². The lowest BCUT2D eigenvalue weighted by molar-refractivity contribution is 0.0429. The van der Waals surface area contributed by atoms with Crippen molar-refractivity contribution in [3.63, 3.8) is 0 Å². The number of fused-ring (bicyclic) bond motifs is 1. The summed E-state index contributed by atoms with van der Waals surface area (Å²) in [7, 11) is 0. The number of aliphatic hydroxyl groups excluding tert-OH is 1. The molecule has 1 heterocycles. The highest BCUT2D eigenvalue weighted by Gasteiger charge is 2.26. The maximum atomic E-state index is 11.9. The predicted molar refractivity (Wildman–Crippen MR) is 72.8 cm³/mol. The molecule has 0 unspecified atom stereocenters. The first-order chi connectivity index (χ1) is 9.22. The van der Waals surface area contributed by atoms with Crippen LogP contribution in [-0.4, -0.2) is 27.7 Å². The normalized spacial score (nSPS) is 22.4. The minimum absolute atomic E-state index is 0.0959. The molecule has 0 radical (unpaired) electrons. The van der Waals surface area contributed by atoms with Gasteiger partial charge in [0.2, 0.25) is 0 Å². The summed E-state index contributed by atoms with van der Waals surface area (Å²) >= 11 is 0. The molecule has 0 bridgehead atoms. The first-order valence-corrected chi connectivity index (χ1v) is 6.59. The Balaban J connectivity index is 1.66. The molecule has 0 atom stereocenters. The highest BCUT2D eigenvalue weighted by atomic mass is 16.3. The molecule has 2 aromatic rings. The molecule has 19 heavy (non-hydrogen) atoms. The molecule has 0 saturated heterocycles. The molecule has 5 nitrogen and oxygen atoms in total. The number of aromatic amines is 1. The summed E-state index contributed by atoms with van der Waals surface area (Å²) in [4.78, 5) is 19.1. The zero-order chi connectivity index (χ0) is 13.2. The zero-order valence-corrected chi connectivity index (χ0v) is 10.6. The van der Waals surface area contributed by atoms with Gasteiger partial charge in [-0.15, -0.1) is 0 Å². The SMILES string of the molecule is O=c1[nH]c(CNCC2CC(O)C2)nc2ccccc12. The van der Waals surface area contributed by atoms with Gasteiger partial charge in [0.25, 0.3) is 5.56 Å². The fraction of sp³-hybridized carbons (Fsp3) is 0.429. The van der Waals surface area contributed by atoms with E-state index in [4.69, 9.17) is 0 Å². The van der Waals surface area contributed by atoms with E-state index in [-0.39, 0.29) is 11.7 Å². The van der Waals surface area contributed by atoms with Crippen LogP contribution in [0.4, 0.5) is 0 Å². The number of nitrogens with zero attached hydrogens (tertiary/aromatic N) is 1. The Morgan fingerprint density at radius 1 is 1.37 bits per heavy atom. The van der Waals surface area contributed by atoms with Crippen LogP contribution in [0.1, 0.15) is 18.7 Å². The smallest absolute Gasteiger partial charge is 0.258 e. The van der Waals surface area contributed by atoms with Crippen molar-refractivity contribution >= 4 is 10.9 Å². The Hall–Kier alpha value is -1.72. The van der Waals surface area contributed by atoms with Gasteiger partial charge in [-0.1, -0.05) is 12.1 Å². The fourth-order valence-corrected chi connectivity index (χ4v) is 2.48. The van der Waals surface area contributed by atoms with Gasteiger partial charge in [-0.3, -0.25) is 4.79 Å². The highest BCUT2D eigenvalue weighted by molar-refractivity contribution is 5.77. The number of H-pyrrole nitrogens is 1. The van der Waals surface area contributed by atoms with Crippen molar-refractivity contribution in [2.75, 3.05) is 6.54 Å².